The fourth-order valence-electron chi connectivity index (χ4n) is 2.35. The van der Waals surface area contributed by atoms with Gasteiger partial charge in [0.15, 0.2) is 0 Å². The van der Waals surface area contributed by atoms with Crippen LogP contribution < -0.4 is 10.2 Å². The van der Waals surface area contributed by atoms with Gasteiger partial charge in [-0.15, -0.1) is 0 Å². The van der Waals surface area contributed by atoms with Crippen LogP contribution in [0.15, 0.2) is 77.9 Å². The highest BCUT2D eigenvalue weighted by Gasteiger charge is 2.04. The summed E-state index contributed by atoms with van der Waals surface area (Å²) in [6.07, 6.45) is 1.54. The van der Waals surface area contributed by atoms with Gasteiger partial charge in [-0.3, -0.25) is 4.79 Å². The van der Waals surface area contributed by atoms with Gasteiger partial charge in [-0.2, -0.15) is 10.4 Å². The third-order valence-corrected chi connectivity index (χ3v) is 4.26. The Hall–Kier alpha value is -3.62. The highest BCUT2D eigenvalue weighted by molar-refractivity contribution is 6.31. The first-order valence-electron chi connectivity index (χ1n) is 8.45. The zero-order chi connectivity index (χ0) is 19.8. The highest BCUT2D eigenvalue weighted by Crippen LogP contribution is 2.18. The Kier molecular flexibility index (Phi) is 6.40. The smallest absolute Gasteiger partial charge is 0.271 e. The SMILES string of the molecule is N#Cc1ccc(C(=O)N/N=C\c2ccc(OCc3ccccc3Cl)cc2)cc1. The summed E-state index contributed by atoms with van der Waals surface area (Å²) in [5.74, 6) is 0.360. The van der Waals surface area contributed by atoms with Gasteiger partial charge in [-0.1, -0.05) is 29.8 Å². The van der Waals surface area contributed by atoms with Crippen molar-refractivity contribution in [2.24, 2.45) is 5.10 Å². The van der Waals surface area contributed by atoms with Crippen LogP contribution in [0.3, 0.4) is 0 Å². The third kappa shape index (κ3) is 5.19. The molecule has 0 aliphatic heterocycles. The van der Waals surface area contributed by atoms with Crippen LogP contribution in [0.2, 0.25) is 5.02 Å². The molecule has 3 aromatic carbocycles. The first kappa shape index (κ1) is 19.2. The number of nitrogens with zero attached hydrogens (tertiary/aromatic N) is 2. The molecule has 0 unspecified atom stereocenters. The van der Waals surface area contributed by atoms with Gasteiger partial charge in [-0.05, 0) is 60.2 Å². The van der Waals surface area contributed by atoms with Gasteiger partial charge in [0.25, 0.3) is 5.91 Å². The third-order valence-electron chi connectivity index (χ3n) is 3.89. The van der Waals surface area contributed by atoms with E-state index in [2.05, 4.69) is 10.5 Å². The molecule has 28 heavy (non-hydrogen) atoms. The summed E-state index contributed by atoms with van der Waals surface area (Å²) in [5.41, 5.74) is 5.11. The topological polar surface area (TPSA) is 74.5 Å². The van der Waals surface area contributed by atoms with Crippen LogP contribution in [-0.4, -0.2) is 12.1 Å². The van der Waals surface area contributed by atoms with Crippen LogP contribution in [0.4, 0.5) is 0 Å². The molecule has 0 aliphatic rings. The summed E-state index contributed by atoms with van der Waals surface area (Å²) in [4.78, 5) is 12.0. The van der Waals surface area contributed by atoms with Gasteiger partial charge in [-0.25, -0.2) is 5.43 Å². The van der Waals surface area contributed by atoms with E-state index in [9.17, 15) is 4.79 Å². The van der Waals surface area contributed by atoms with Crippen LogP contribution in [-0.2, 0) is 6.61 Å². The number of hydrazone groups is 1. The lowest BCUT2D eigenvalue weighted by molar-refractivity contribution is 0.0955. The highest BCUT2D eigenvalue weighted by atomic mass is 35.5. The molecule has 1 amide bonds. The Balaban J connectivity index is 1.52. The first-order valence-corrected chi connectivity index (χ1v) is 8.83. The van der Waals surface area contributed by atoms with Crippen molar-refractivity contribution in [2.75, 3.05) is 0 Å². The summed E-state index contributed by atoms with van der Waals surface area (Å²) in [5, 5.41) is 13.4. The number of amides is 1. The number of nitriles is 1. The molecule has 0 atom stereocenters. The maximum absolute atomic E-state index is 12.0. The molecule has 1 N–H and O–H groups in total. The lowest BCUT2D eigenvalue weighted by Crippen LogP contribution is -2.17. The molecule has 3 rings (SSSR count). The summed E-state index contributed by atoms with van der Waals surface area (Å²) >= 11 is 6.11. The monoisotopic (exact) mass is 389 g/mol. The second-order valence-corrected chi connectivity index (χ2v) is 6.24. The average Bonchev–Trinajstić information content (AvgIpc) is 2.74. The quantitative estimate of drug-likeness (QED) is 0.496. The Morgan fingerprint density at radius 3 is 2.46 bits per heavy atom. The van der Waals surface area contributed by atoms with E-state index in [1.54, 1.807) is 30.5 Å². The molecule has 5 nitrogen and oxygen atoms in total. The Morgan fingerprint density at radius 1 is 1.07 bits per heavy atom. The molecule has 0 radical (unpaired) electrons. The number of benzene rings is 3. The minimum atomic E-state index is -0.347. The molecule has 3 aromatic rings. The average molecular weight is 390 g/mol. The van der Waals surface area contributed by atoms with E-state index in [0.29, 0.717) is 28.5 Å². The van der Waals surface area contributed by atoms with Crippen LogP contribution in [0.25, 0.3) is 0 Å². The first-order chi connectivity index (χ1) is 13.7. The number of rotatable bonds is 6. The van der Waals surface area contributed by atoms with Gasteiger partial charge >= 0.3 is 0 Å². The van der Waals surface area contributed by atoms with Gasteiger partial charge in [0.2, 0.25) is 0 Å². The maximum atomic E-state index is 12.0. The largest absolute Gasteiger partial charge is 0.489 e. The molecule has 0 saturated heterocycles. The Morgan fingerprint density at radius 2 is 1.79 bits per heavy atom. The Labute approximate surface area is 167 Å². The summed E-state index contributed by atoms with van der Waals surface area (Å²) in [6, 6.07) is 23.2. The van der Waals surface area contributed by atoms with E-state index in [1.165, 1.54) is 0 Å². The lowest BCUT2D eigenvalue weighted by atomic mass is 10.1. The molecular formula is C22H16ClN3O2. The van der Waals surface area contributed by atoms with Gasteiger partial charge in [0.1, 0.15) is 12.4 Å². The zero-order valence-corrected chi connectivity index (χ0v) is 15.6. The lowest BCUT2D eigenvalue weighted by Gasteiger charge is -2.07. The van der Waals surface area contributed by atoms with Crippen molar-refractivity contribution in [1.82, 2.24) is 5.43 Å². The predicted octanol–water partition coefficient (Wildman–Crippen LogP) is 4.55. The van der Waals surface area contributed by atoms with E-state index in [0.717, 1.165) is 11.1 Å². The van der Waals surface area contributed by atoms with Crippen LogP contribution in [0.1, 0.15) is 27.0 Å². The number of hydrogen-bond acceptors (Lipinski definition) is 4. The molecule has 0 aromatic heterocycles. The molecule has 138 valence electrons. The van der Waals surface area contributed by atoms with Crippen molar-refractivity contribution in [2.45, 2.75) is 6.61 Å². The fraction of sp³-hybridized carbons (Fsp3) is 0.0455. The zero-order valence-electron chi connectivity index (χ0n) is 14.8. The van der Waals surface area contributed by atoms with E-state index < -0.39 is 0 Å². The standard InChI is InChI=1S/C22H16ClN3O2/c23-21-4-2-1-3-19(21)15-28-20-11-7-17(8-12-20)14-25-26-22(27)18-9-5-16(13-24)6-10-18/h1-12,14H,15H2,(H,26,27)/b25-14-. The van der Waals surface area contributed by atoms with Crippen molar-refractivity contribution in [3.8, 4) is 11.8 Å². The second kappa shape index (κ2) is 9.36. The molecular weight excluding hydrogens is 374 g/mol. The maximum Gasteiger partial charge on any atom is 0.271 e. The van der Waals surface area contributed by atoms with Crippen molar-refractivity contribution < 1.29 is 9.53 Å². The molecule has 0 bridgehead atoms. The number of carbonyl (C=O) groups excluding carboxylic acids is 1. The fourth-order valence-corrected chi connectivity index (χ4v) is 2.54. The van der Waals surface area contributed by atoms with Crippen molar-refractivity contribution in [3.63, 3.8) is 0 Å². The van der Waals surface area contributed by atoms with Crippen LogP contribution in [0, 0.1) is 11.3 Å². The minimum absolute atomic E-state index is 0.347. The van der Waals surface area contributed by atoms with Gasteiger partial charge in [0.05, 0.1) is 17.8 Å². The van der Waals surface area contributed by atoms with Crippen LogP contribution >= 0.6 is 11.6 Å². The number of halogens is 1. The number of carbonyl (C=O) groups is 1. The number of nitrogens with one attached hydrogen (secondary N) is 1. The molecule has 0 heterocycles. The molecule has 0 aliphatic carbocycles. The summed E-state index contributed by atoms with van der Waals surface area (Å²) < 4.78 is 5.73. The van der Waals surface area contributed by atoms with E-state index in [-0.39, 0.29) is 5.91 Å². The van der Waals surface area contributed by atoms with Crippen LogP contribution in [0.5, 0.6) is 5.75 Å². The van der Waals surface area contributed by atoms with Gasteiger partial charge < -0.3 is 4.74 Å². The molecule has 0 spiro atoms. The summed E-state index contributed by atoms with van der Waals surface area (Å²) in [7, 11) is 0. The second-order valence-electron chi connectivity index (χ2n) is 5.84. The molecule has 0 fully saturated rings. The summed E-state index contributed by atoms with van der Waals surface area (Å²) in [6.45, 7) is 0.383. The van der Waals surface area contributed by atoms with Crippen molar-refractivity contribution in [1.29, 1.82) is 5.26 Å². The molecule has 6 heteroatoms. The van der Waals surface area contributed by atoms with Crippen molar-refractivity contribution in [3.05, 3.63) is 100 Å². The van der Waals surface area contributed by atoms with Gasteiger partial charge in [0, 0.05) is 16.1 Å². The van der Waals surface area contributed by atoms with Crippen molar-refractivity contribution >= 4 is 23.7 Å². The Bertz CT molecular complexity index is 1020. The molecule has 0 saturated carbocycles. The van der Waals surface area contributed by atoms with E-state index in [1.807, 2.05) is 54.6 Å². The van der Waals surface area contributed by atoms with E-state index >= 15 is 0 Å². The normalized spacial score (nSPS) is 10.4. The minimum Gasteiger partial charge on any atom is -0.489 e. The number of ether oxygens (including phenoxy) is 1. The van der Waals surface area contributed by atoms with E-state index in [4.69, 9.17) is 21.6 Å². The predicted molar refractivity (Wildman–Crippen MR) is 108 cm³/mol. The number of hydrogen-bond donors (Lipinski definition) is 1.